The van der Waals surface area contributed by atoms with Crippen molar-refractivity contribution in [2.24, 2.45) is 0 Å². The quantitative estimate of drug-likeness (QED) is 0.376. The fourth-order valence-corrected chi connectivity index (χ4v) is 5.84. The van der Waals surface area contributed by atoms with E-state index in [0.29, 0.717) is 6.42 Å². The molecule has 15 heteroatoms. The van der Waals surface area contributed by atoms with E-state index in [9.17, 15) is 31.5 Å². The molecule has 1 aromatic heterocycles. The number of benzene rings is 2. The van der Waals surface area contributed by atoms with Crippen molar-refractivity contribution < 1.29 is 31.5 Å². The zero-order valence-electron chi connectivity index (χ0n) is 17.7. The molecule has 0 spiro atoms. The summed E-state index contributed by atoms with van der Waals surface area (Å²) in [6, 6.07) is 5.51. The zero-order chi connectivity index (χ0) is 25.5. The summed E-state index contributed by atoms with van der Waals surface area (Å²) in [6.45, 7) is 0.0378. The third kappa shape index (κ3) is 4.90. The molecule has 3 aromatic rings. The fraction of sp³-hybridized carbons (Fsp3) is 0.250. The lowest BCUT2D eigenvalue weighted by atomic mass is 9.98. The highest BCUT2D eigenvalue weighted by Gasteiger charge is 2.40. The number of alkyl halides is 3. The van der Waals surface area contributed by atoms with E-state index in [1.807, 2.05) is 0 Å². The minimum Gasteiger partial charge on any atom is -0.480 e. The molecule has 4 rings (SSSR count). The Labute approximate surface area is 202 Å². The van der Waals surface area contributed by atoms with Crippen LogP contribution in [0, 0.1) is 0 Å². The number of H-pyrrole nitrogens is 1. The summed E-state index contributed by atoms with van der Waals surface area (Å²) in [5.74, 6) is -1.36. The van der Waals surface area contributed by atoms with E-state index >= 15 is 0 Å². The molecule has 10 nitrogen and oxygen atoms in total. The minimum atomic E-state index is -4.80. The summed E-state index contributed by atoms with van der Waals surface area (Å²) in [6.07, 6.45) is -4.23. The van der Waals surface area contributed by atoms with Crippen molar-refractivity contribution in [2.45, 2.75) is 30.0 Å². The second kappa shape index (κ2) is 9.02. The van der Waals surface area contributed by atoms with E-state index in [1.165, 1.54) is 18.2 Å². The van der Waals surface area contributed by atoms with Gasteiger partial charge in [-0.25, -0.2) is 13.5 Å². The summed E-state index contributed by atoms with van der Waals surface area (Å²) < 4.78 is 68.5. The van der Waals surface area contributed by atoms with Crippen LogP contribution in [-0.2, 0) is 21.0 Å². The molecule has 1 fully saturated rings. The van der Waals surface area contributed by atoms with E-state index < -0.39 is 33.8 Å². The number of carbonyl (C=O) groups is 1. The van der Waals surface area contributed by atoms with Gasteiger partial charge in [0.15, 0.2) is 0 Å². The van der Waals surface area contributed by atoms with Crippen LogP contribution in [0.5, 0.6) is 0 Å². The predicted molar refractivity (Wildman–Crippen MR) is 121 cm³/mol. The number of rotatable bonds is 6. The number of nitrogens with one attached hydrogen (secondary N) is 2. The number of nitrogens with two attached hydrogens (primary N) is 1. The molecule has 186 valence electrons. The summed E-state index contributed by atoms with van der Waals surface area (Å²) >= 11 is 6.23. The van der Waals surface area contributed by atoms with Crippen LogP contribution < -0.4 is 11.1 Å². The maximum absolute atomic E-state index is 13.9. The molecule has 35 heavy (non-hydrogen) atoms. The highest BCUT2D eigenvalue weighted by molar-refractivity contribution is 7.89. The third-order valence-corrected chi connectivity index (χ3v) is 7.61. The molecule has 5 N–H and O–H groups in total. The van der Waals surface area contributed by atoms with Crippen molar-refractivity contribution in [1.29, 1.82) is 0 Å². The second-order valence-electron chi connectivity index (χ2n) is 7.68. The maximum atomic E-state index is 13.9. The second-order valence-corrected chi connectivity index (χ2v) is 9.98. The molecule has 2 heterocycles. The summed E-state index contributed by atoms with van der Waals surface area (Å²) in [5.41, 5.74) is 3.97. The van der Waals surface area contributed by atoms with E-state index in [1.54, 1.807) is 0 Å². The van der Waals surface area contributed by atoms with E-state index in [-0.39, 0.29) is 51.6 Å². The lowest BCUT2D eigenvalue weighted by Crippen LogP contribution is -2.40. The molecular weight excluding hydrogens is 513 g/mol. The van der Waals surface area contributed by atoms with Gasteiger partial charge in [0.1, 0.15) is 6.04 Å². The van der Waals surface area contributed by atoms with Crippen LogP contribution >= 0.6 is 11.6 Å². The smallest absolute Gasteiger partial charge is 0.417 e. The fourth-order valence-electron chi connectivity index (χ4n) is 3.86. The third-order valence-electron chi connectivity index (χ3n) is 5.39. The minimum absolute atomic E-state index is 0.0196. The molecule has 2 aromatic carbocycles. The Bertz CT molecular complexity index is 1380. The Kier molecular flexibility index (Phi) is 6.38. The Morgan fingerprint density at radius 2 is 1.94 bits per heavy atom. The van der Waals surface area contributed by atoms with Gasteiger partial charge in [-0.1, -0.05) is 23.7 Å². The number of carboxylic acids is 1. The van der Waals surface area contributed by atoms with E-state index in [4.69, 9.17) is 17.3 Å². The monoisotopic (exact) mass is 530 g/mol. The topological polar surface area (TPSA) is 154 Å². The molecule has 0 amide bonds. The zero-order valence-corrected chi connectivity index (χ0v) is 19.2. The molecule has 1 saturated heterocycles. The number of hydrogen-bond donors (Lipinski definition) is 4. The van der Waals surface area contributed by atoms with Crippen LogP contribution in [0.1, 0.15) is 18.4 Å². The molecule has 0 bridgehead atoms. The van der Waals surface area contributed by atoms with Crippen molar-refractivity contribution >= 4 is 45.2 Å². The SMILES string of the molecule is Nc1nc(Nc2cc(Cl)c(-c3ccc(S(=O)(=O)N4CCCC4C(=O)O)cc3)c(C(F)(F)F)c2)n[nH]1. The Morgan fingerprint density at radius 1 is 1.26 bits per heavy atom. The first-order valence-corrected chi connectivity index (χ1v) is 11.9. The van der Waals surface area contributed by atoms with Crippen molar-refractivity contribution in [1.82, 2.24) is 19.5 Å². The molecular formula is C20H18ClF3N6O4S. The van der Waals surface area contributed by atoms with Gasteiger partial charge >= 0.3 is 12.1 Å². The molecule has 0 aliphatic carbocycles. The highest BCUT2D eigenvalue weighted by Crippen LogP contribution is 2.43. The standard InChI is InChI=1S/C20H18ClF3N6O4S/c21-14-9-11(26-19-27-18(25)28-29-19)8-13(20(22,23)24)16(14)10-3-5-12(6-4-10)35(33,34)30-7-1-2-15(30)17(31)32/h3-6,8-9,15H,1-2,7H2,(H,31,32)(H4,25,26,27,28,29). The lowest BCUT2D eigenvalue weighted by Gasteiger charge is -2.21. The van der Waals surface area contributed by atoms with Crippen LogP contribution in [0.2, 0.25) is 5.02 Å². The summed E-state index contributed by atoms with van der Waals surface area (Å²) in [7, 11) is -4.16. The van der Waals surface area contributed by atoms with Gasteiger partial charge in [0.2, 0.25) is 21.9 Å². The van der Waals surface area contributed by atoms with Gasteiger partial charge in [0.05, 0.1) is 15.5 Å². The van der Waals surface area contributed by atoms with Crippen molar-refractivity contribution in [2.75, 3.05) is 17.6 Å². The van der Waals surface area contributed by atoms with E-state index in [0.717, 1.165) is 22.5 Å². The normalized spacial score (nSPS) is 17.0. The average molecular weight is 531 g/mol. The number of aromatic nitrogens is 3. The van der Waals surface area contributed by atoms with Crippen LogP contribution in [-0.4, -0.2) is 51.6 Å². The Balaban J connectivity index is 1.71. The molecule has 1 aliphatic rings. The molecule has 1 unspecified atom stereocenters. The molecule has 1 aliphatic heterocycles. The van der Waals surface area contributed by atoms with Gasteiger partial charge in [-0.3, -0.25) is 4.79 Å². The van der Waals surface area contributed by atoms with Crippen LogP contribution in [0.3, 0.4) is 0 Å². The summed E-state index contributed by atoms with van der Waals surface area (Å²) in [5, 5.41) is 17.7. The summed E-state index contributed by atoms with van der Waals surface area (Å²) in [4.78, 5) is 14.9. The number of nitrogens with zero attached hydrogens (tertiary/aromatic N) is 3. The Hall–Kier alpha value is -3.36. The number of nitrogen functional groups attached to an aromatic ring is 1. The average Bonchev–Trinajstić information content (AvgIpc) is 3.42. The van der Waals surface area contributed by atoms with Gasteiger partial charge in [0, 0.05) is 17.8 Å². The van der Waals surface area contributed by atoms with Crippen molar-refractivity contribution in [3.05, 3.63) is 47.0 Å². The van der Waals surface area contributed by atoms with Crippen LogP contribution in [0.4, 0.5) is 30.8 Å². The number of carboxylic acid groups (broad SMARTS) is 1. The first-order chi connectivity index (χ1) is 16.4. The molecule has 0 radical (unpaired) electrons. The lowest BCUT2D eigenvalue weighted by molar-refractivity contribution is -0.140. The largest absolute Gasteiger partial charge is 0.480 e. The maximum Gasteiger partial charge on any atom is 0.417 e. The van der Waals surface area contributed by atoms with Crippen LogP contribution in [0.15, 0.2) is 41.3 Å². The van der Waals surface area contributed by atoms with Crippen LogP contribution in [0.25, 0.3) is 11.1 Å². The van der Waals surface area contributed by atoms with E-state index in [2.05, 4.69) is 20.5 Å². The number of aromatic amines is 1. The van der Waals surface area contributed by atoms with Gasteiger partial charge in [-0.05, 0) is 42.7 Å². The van der Waals surface area contributed by atoms with Gasteiger partial charge < -0.3 is 16.2 Å². The first-order valence-electron chi connectivity index (χ1n) is 10.1. The Morgan fingerprint density at radius 3 is 2.51 bits per heavy atom. The first kappa shape index (κ1) is 24.8. The van der Waals surface area contributed by atoms with Crippen molar-refractivity contribution in [3.63, 3.8) is 0 Å². The predicted octanol–water partition coefficient (Wildman–Crippen LogP) is 3.71. The van der Waals surface area contributed by atoms with Gasteiger partial charge in [-0.2, -0.15) is 22.5 Å². The molecule has 1 atom stereocenters. The molecule has 0 saturated carbocycles. The van der Waals surface area contributed by atoms with Gasteiger partial charge in [-0.15, -0.1) is 5.10 Å². The van der Waals surface area contributed by atoms with Crippen molar-refractivity contribution in [3.8, 4) is 11.1 Å². The number of aliphatic carboxylic acids is 1. The number of hydrogen-bond acceptors (Lipinski definition) is 7. The number of anilines is 3. The number of halogens is 4. The highest BCUT2D eigenvalue weighted by atomic mass is 35.5. The number of sulfonamides is 1. The van der Waals surface area contributed by atoms with Gasteiger partial charge in [0.25, 0.3) is 0 Å².